The fourth-order valence-corrected chi connectivity index (χ4v) is 5.97. The molecule has 0 saturated carbocycles. The van der Waals surface area contributed by atoms with Gasteiger partial charge in [-0.25, -0.2) is 8.42 Å². The van der Waals surface area contributed by atoms with Crippen LogP contribution in [0.2, 0.25) is 0 Å². The number of amides is 1. The van der Waals surface area contributed by atoms with Crippen LogP contribution in [0.1, 0.15) is 12.0 Å². The average molecular weight is 400 g/mol. The van der Waals surface area contributed by atoms with Gasteiger partial charge in [-0.15, -0.1) is 0 Å². The third kappa shape index (κ3) is 3.68. The predicted octanol–water partition coefficient (Wildman–Crippen LogP) is 2.09. The molecular weight excluding hydrogens is 382 g/mol. The summed E-state index contributed by atoms with van der Waals surface area (Å²) in [7, 11) is 0.0117. The van der Waals surface area contributed by atoms with Crippen LogP contribution in [0.4, 0.5) is 0 Å². The molecule has 0 radical (unpaired) electrons. The lowest BCUT2D eigenvalue weighted by atomic mass is 10.1. The van der Waals surface area contributed by atoms with Crippen molar-refractivity contribution in [1.82, 2.24) is 4.90 Å². The van der Waals surface area contributed by atoms with E-state index in [1.54, 1.807) is 32.4 Å². The minimum Gasteiger partial charge on any atom is -0.493 e. The average Bonchev–Trinajstić information content (AvgIpc) is 3.06. The van der Waals surface area contributed by atoms with E-state index in [0.29, 0.717) is 27.1 Å². The minimum absolute atomic E-state index is 0.0247. The van der Waals surface area contributed by atoms with Gasteiger partial charge in [-0.2, -0.15) is 0 Å². The first-order valence-corrected chi connectivity index (χ1v) is 10.6. The number of carbonyl (C=O) groups is 1. The van der Waals surface area contributed by atoms with E-state index in [-0.39, 0.29) is 23.5 Å². The standard InChI is InChI=1S/C16H17NO5S3/c1-21-12-4-3-10(7-13(12)22-2)8-14-15(18)17(16(23)24-14)11-5-6-25(19,20)9-11/h3-4,7-8,11H,5-6,9H2,1-2H3/b14-8-/t11-/m1/s1. The number of rotatable bonds is 4. The van der Waals surface area contributed by atoms with E-state index in [1.165, 1.54) is 16.7 Å². The Morgan fingerprint density at radius 3 is 2.60 bits per heavy atom. The molecule has 0 unspecified atom stereocenters. The smallest absolute Gasteiger partial charge is 0.266 e. The molecule has 0 aliphatic carbocycles. The van der Waals surface area contributed by atoms with Crippen molar-refractivity contribution in [2.45, 2.75) is 12.5 Å². The minimum atomic E-state index is -3.09. The van der Waals surface area contributed by atoms with Crippen molar-refractivity contribution < 1.29 is 22.7 Å². The summed E-state index contributed by atoms with van der Waals surface area (Å²) in [5, 5.41) is 0. The van der Waals surface area contributed by atoms with Crippen molar-refractivity contribution in [3.63, 3.8) is 0 Å². The number of thiocarbonyl (C=S) groups is 1. The highest BCUT2D eigenvalue weighted by atomic mass is 32.2. The Morgan fingerprint density at radius 2 is 2.00 bits per heavy atom. The molecule has 2 aliphatic heterocycles. The first-order chi connectivity index (χ1) is 11.8. The molecule has 2 aliphatic rings. The van der Waals surface area contributed by atoms with Crippen molar-refractivity contribution in [3.05, 3.63) is 28.7 Å². The highest BCUT2D eigenvalue weighted by Gasteiger charge is 2.42. The maximum atomic E-state index is 12.7. The van der Waals surface area contributed by atoms with E-state index in [0.717, 1.165) is 5.56 Å². The van der Waals surface area contributed by atoms with Crippen molar-refractivity contribution in [2.75, 3.05) is 25.7 Å². The number of sulfone groups is 1. The van der Waals surface area contributed by atoms with Crippen molar-refractivity contribution in [2.24, 2.45) is 0 Å². The summed E-state index contributed by atoms with van der Waals surface area (Å²) in [6, 6.07) is 4.97. The molecule has 1 amide bonds. The lowest BCUT2D eigenvalue weighted by Crippen LogP contribution is -2.39. The van der Waals surface area contributed by atoms with Crippen LogP contribution in [0.3, 0.4) is 0 Å². The number of nitrogens with zero attached hydrogens (tertiary/aromatic N) is 1. The lowest BCUT2D eigenvalue weighted by molar-refractivity contribution is -0.123. The molecular formula is C16H17NO5S3. The monoisotopic (exact) mass is 399 g/mol. The van der Waals surface area contributed by atoms with Crippen LogP contribution in [-0.4, -0.2) is 55.3 Å². The number of carbonyl (C=O) groups excluding carboxylic acids is 1. The van der Waals surface area contributed by atoms with Gasteiger partial charge >= 0.3 is 0 Å². The summed E-state index contributed by atoms with van der Waals surface area (Å²) in [6.07, 6.45) is 2.16. The van der Waals surface area contributed by atoms with Gasteiger partial charge in [-0.1, -0.05) is 30.0 Å². The quantitative estimate of drug-likeness (QED) is 0.567. The maximum absolute atomic E-state index is 12.7. The number of thioether (sulfide) groups is 1. The molecule has 0 N–H and O–H groups in total. The lowest BCUT2D eigenvalue weighted by Gasteiger charge is -2.20. The SMILES string of the molecule is COc1ccc(/C=C2\SC(=S)N([C@@H]3CCS(=O)(=O)C3)C2=O)cc1OC. The second-order valence-electron chi connectivity index (χ2n) is 5.72. The molecule has 1 aromatic carbocycles. The largest absolute Gasteiger partial charge is 0.493 e. The van der Waals surface area contributed by atoms with Gasteiger partial charge in [0.1, 0.15) is 4.32 Å². The zero-order valence-corrected chi connectivity index (χ0v) is 16.2. The summed E-state index contributed by atoms with van der Waals surface area (Å²) in [5.74, 6) is 0.996. The number of methoxy groups -OCH3 is 2. The fourth-order valence-electron chi connectivity index (χ4n) is 2.87. The van der Waals surface area contributed by atoms with Crippen molar-refractivity contribution in [3.8, 4) is 11.5 Å². The van der Waals surface area contributed by atoms with Gasteiger partial charge in [0.05, 0.1) is 36.7 Å². The second-order valence-corrected chi connectivity index (χ2v) is 9.63. The van der Waals surface area contributed by atoms with E-state index < -0.39 is 9.84 Å². The molecule has 25 heavy (non-hydrogen) atoms. The van der Waals surface area contributed by atoms with Crippen LogP contribution in [0, 0.1) is 0 Å². The molecule has 9 heteroatoms. The predicted molar refractivity (Wildman–Crippen MR) is 102 cm³/mol. The third-order valence-electron chi connectivity index (χ3n) is 4.10. The van der Waals surface area contributed by atoms with Gasteiger partial charge in [0.2, 0.25) is 0 Å². The fraction of sp³-hybridized carbons (Fsp3) is 0.375. The van der Waals surface area contributed by atoms with Crippen LogP contribution in [0.15, 0.2) is 23.1 Å². The van der Waals surface area contributed by atoms with E-state index in [4.69, 9.17) is 21.7 Å². The molecule has 1 aromatic rings. The second kappa shape index (κ2) is 6.97. The van der Waals surface area contributed by atoms with Crippen LogP contribution in [0.25, 0.3) is 6.08 Å². The van der Waals surface area contributed by atoms with Gasteiger partial charge in [0, 0.05) is 0 Å². The van der Waals surface area contributed by atoms with Crippen LogP contribution < -0.4 is 9.47 Å². The zero-order chi connectivity index (χ0) is 18.2. The topological polar surface area (TPSA) is 72.9 Å². The zero-order valence-electron chi connectivity index (χ0n) is 13.7. The first-order valence-electron chi connectivity index (χ1n) is 7.54. The number of ether oxygens (including phenoxy) is 2. The van der Waals surface area contributed by atoms with Crippen LogP contribution >= 0.6 is 24.0 Å². The van der Waals surface area contributed by atoms with Crippen molar-refractivity contribution >= 4 is 50.1 Å². The van der Waals surface area contributed by atoms with Gasteiger partial charge in [-0.3, -0.25) is 9.69 Å². The number of hydrogen-bond donors (Lipinski definition) is 0. The van der Waals surface area contributed by atoms with E-state index in [2.05, 4.69) is 0 Å². The molecule has 3 rings (SSSR count). The summed E-state index contributed by atoms with van der Waals surface area (Å²) in [6.45, 7) is 0. The van der Waals surface area contributed by atoms with E-state index in [1.807, 2.05) is 6.07 Å². The van der Waals surface area contributed by atoms with Gasteiger partial charge in [0.25, 0.3) is 5.91 Å². The molecule has 2 fully saturated rings. The normalized spacial score (nSPS) is 24.2. The Balaban J connectivity index is 1.86. The summed E-state index contributed by atoms with van der Waals surface area (Å²) >= 11 is 6.49. The molecule has 0 spiro atoms. The maximum Gasteiger partial charge on any atom is 0.266 e. The Morgan fingerprint density at radius 1 is 1.28 bits per heavy atom. The van der Waals surface area contributed by atoms with Gasteiger partial charge < -0.3 is 9.47 Å². The highest BCUT2D eigenvalue weighted by molar-refractivity contribution is 8.26. The van der Waals surface area contributed by atoms with Gasteiger partial charge in [-0.05, 0) is 30.2 Å². The Kier molecular flexibility index (Phi) is 5.08. The first kappa shape index (κ1) is 18.2. The summed E-state index contributed by atoms with van der Waals surface area (Å²) < 4.78 is 34.2. The molecule has 0 aromatic heterocycles. The molecule has 1 atom stereocenters. The summed E-state index contributed by atoms with van der Waals surface area (Å²) in [4.78, 5) is 14.6. The van der Waals surface area contributed by atoms with Gasteiger partial charge in [0.15, 0.2) is 21.3 Å². The Bertz CT molecular complexity index is 863. The van der Waals surface area contributed by atoms with Crippen molar-refractivity contribution in [1.29, 1.82) is 0 Å². The van der Waals surface area contributed by atoms with E-state index >= 15 is 0 Å². The third-order valence-corrected chi connectivity index (χ3v) is 7.18. The van der Waals surface area contributed by atoms with E-state index in [9.17, 15) is 13.2 Å². The number of hydrogen-bond acceptors (Lipinski definition) is 7. The van der Waals surface area contributed by atoms with Crippen LogP contribution in [-0.2, 0) is 14.6 Å². The highest BCUT2D eigenvalue weighted by Crippen LogP contribution is 2.37. The molecule has 2 heterocycles. The Labute approximate surface area is 156 Å². The summed E-state index contributed by atoms with van der Waals surface area (Å²) in [5.41, 5.74) is 0.775. The molecule has 134 valence electrons. The molecule has 2 saturated heterocycles. The Hall–Kier alpha value is -1.58. The molecule has 6 nitrogen and oxygen atoms in total. The number of benzene rings is 1. The molecule has 0 bridgehead atoms. The van der Waals surface area contributed by atoms with Crippen LogP contribution in [0.5, 0.6) is 11.5 Å².